The van der Waals surface area contributed by atoms with Crippen LogP contribution < -0.4 is 10.1 Å². The first-order valence-corrected chi connectivity index (χ1v) is 8.22. The fourth-order valence-corrected chi connectivity index (χ4v) is 2.94. The van der Waals surface area contributed by atoms with Gasteiger partial charge in [0.15, 0.2) is 0 Å². The van der Waals surface area contributed by atoms with Crippen LogP contribution in [0, 0.1) is 0 Å². The maximum Gasteiger partial charge on any atom is 0.119 e. The number of nitrogens with one attached hydrogen (secondary N) is 1. The van der Waals surface area contributed by atoms with Crippen molar-refractivity contribution in [2.45, 2.75) is 58.1 Å². The van der Waals surface area contributed by atoms with Crippen LogP contribution in [0.5, 0.6) is 5.75 Å². The lowest BCUT2D eigenvalue weighted by atomic mass is 9.87. The Labute approximate surface area is 129 Å². The molecule has 1 aromatic carbocycles. The van der Waals surface area contributed by atoms with Gasteiger partial charge in [-0.1, -0.05) is 6.07 Å². The SMILES string of the molecule is COc1ccc2c(c1)C(NCCCCOC(C)C)CCC2. The Morgan fingerprint density at radius 1 is 1.29 bits per heavy atom. The molecular formula is C18H29NO2. The number of hydrogen-bond donors (Lipinski definition) is 1. The van der Waals surface area contributed by atoms with Gasteiger partial charge in [-0.2, -0.15) is 0 Å². The molecule has 118 valence electrons. The Morgan fingerprint density at radius 2 is 2.14 bits per heavy atom. The molecule has 3 heteroatoms. The van der Waals surface area contributed by atoms with E-state index < -0.39 is 0 Å². The topological polar surface area (TPSA) is 30.5 Å². The smallest absolute Gasteiger partial charge is 0.119 e. The van der Waals surface area contributed by atoms with Crippen molar-refractivity contribution in [1.82, 2.24) is 5.32 Å². The molecule has 0 spiro atoms. The van der Waals surface area contributed by atoms with Crippen LogP contribution in [0.1, 0.15) is 56.7 Å². The zero-order valence-corrected chi connectivity index (χ0v) is 13.7. The van der Waals surface area contributed by atoms with Crippen LogP contribution in [0.25, 0.3) is 0 Å². The molecule has 0 saturated carbocycles. The molecule has 1 atom stereocenters. The van der Waals surface area contributed by atoms with E-state index in [4.69, 9.17) is 9.47 Å². The summed E-state index contributed by atoms with van der Waals surface area (Å²) in [5.41, 5.74) is 2.90. The monoisotopic (exact) mass is 291 g/mol. The molecule has 1 aliphatic carbocycles. The van der Waals surface area contributed by atoms with E-state index in [1.165, 1.54) is 36.8 Å². The van der Waals surface area contributed by atoms with Gasteiger partial charge < -0.3 is 14.8 Å². The first-order chi connectivity index (χ1) is 10.2. The third kappa shape index (κ3) is 5.01. The third-order valence-electron chi connectivity index (χ3n) is 4.08. The van der Waals surface area contributed by atoms with Crippen molar-refractivity contribution in [1.29, 1.82) is 0 Å². The molecule has 0 saturated heterocycles. The van der Waals surface area contributed by atoms with Crippen LogP contribution in [0.2, 0.25) is 0 Å². The predicted molar refractivity (Wildman–Crippen MR) is 87.0 cm³/mol. The van der Waals surface area contributed by atoms with Crippen LogP contribution in [-0.4, -0.2) is 26.4 Å². The van der Waals surface area contributed by atoms with Crippen LogP contribution in [-0.2, 0) is 11.2 Å². The number of methoxy groups -OCH3 is 1. The van der Waals surface area contributed by atoms with E-state index in [1.54, 1.807) is 7.11 Å². The Kier molecular flexibility index (Phi) is 6.52. The van der Waals surface area contributed by atoms with Gasteiger partial charge in [-0.3, -0.25) is 0 Å². The second-order valence-electron chi connectivity index (χ2n) is 6.09. The number of rotatable bonds is 8. The van der Waals surface area contributed by atoms with Crippen molar-refractivity contribution in [3.8, 4) is 5.75 Å². The highest BCUT2D eigenvalue weighted by molar-refractivity contribution is 5.39. The maximum atomic E-state index is 5.58. The van der Waals surface area contributed by atoms with Gasteiger partial charge >= 0.3 is 0 Å². The second-order valence-corrected chi connectivity index (χ2v) is 6.09. The van der Waals surface area contributed by atoms with E-state index in [9.17, 15) is 0 Å². The molecular weight excluding hydrogens is 262 g/mol. The molecule has 1 aliphatic rings. The van der Waals surface area contributed by atoms with Crippen molar-refractivity contribution < 1.29 is 9.47 Å². The largest absolute Gasteiger partial charge is 0.497 e. The zero-order chi connectivity index (χ0) is 15.1. The lowest BCUT2D eigenvalue weighted by molar-refractivity contribution is 0.0759. The summed E-state index contributed by atoms with van der Waals surface area (Å²) in [5.74, 6) is 0.966. The summed E-state index contributed by atoms with van der Waals surface area (Å²) in [6.45, 7) is 6.10. The molecule has 0 aliphatic heterocycles. The van der Waals surface area contributed by atoms with Gasteiger partial charge in [0, 0.05) is 12.6 Å². The van der Waals surface area contributed by atoms with Crippen LogP contribution >= 0.6 is 0 Å². The number of unbranched alkanes of at least 4 members (excludes halogenated alkanes) is 1. The summed E-state index contributed by atoms with van der Waals surface area (Å²) >= 11 is 0. The molecule has 0 fully saturated rings. The Bertz CT molecular complexity index is 431. The Morgan fingerprint density at radius 3 is 2.90 bits per heavy atom. The molecule has 3 nitrogen and oxygen atoms in total. The molecule has 0 heterocycles. The van der Waals surface area contributed by atoms with E-state index in [0.717, 1.165) is 25.3 Å². The van der Waals surface area contributed by atoms with E-state index in [2.05, 4.69) is 37.4 Å². The molecule has 0 amide bonds. The summed E-state index contributed by atoms with van der Waals surface area (Å²) in [6.07, 6.45) is 6.33. The van der Waals surface area contributed by atoms with Gasteiger partial charge in [-0.25, -0.2) is 0 Å². The number of benzene rings is 1. The Hall–Kier alpha value is -1.06. The summed E-state index contributed by atoms with van der Waals surface area (Å²) in [7, 11) is 1.74. The number of ether oxygens (including phenoxy) is 2. The fraction of sp³-hybridized carbons (Fsp3) is 0.667. The minimum Gasteiger partial charge on any atom is -0.497 e. The first-order valence-electron chi connectivity index (χ1n) is 8.22. The average Bonchev–Trinajstić information content (AvgIpc) is 2.50. The van der Waals surface area contributed by atoms with Gasteiger partial charge in [0.05, 0.1) is 13.2 Å². The van der Waals surface area contributed by atoms with Gasteiger partial charge in [0.25, 0.3) is 0 Å². The summed E-state index contributed by atoms with van der Waals surface area (Å²) < 4.78 is 10.9. The fourth-order valence-electron chi connectivity index (χ4n) is 2.94. The van der Waals surface area contributed by atoms with Crippen molar-refractivity contribution >= 4 is 0 Å². The van der Waals surface area contributed by atoms with Gasteiger partial charge in [0.1, 0.15) is 5.75 Å². The number of aryl methyl sites for hydroxylation is 1. The van der Waals surface area contributed by atoms with Crippen molar-refractivity contribution in [2.24, 2.45) is 0 Å². The number of fused-ring (bicyclic) bond motifs is 1. The van der Waals surface area contributed by atoms with Crippen molar-refractivity contribution in [3.63, 3.8) is 0 Å². The third-order valence-corrected chi connectivity index (χ3v) is 4.08. The molecule has 1 aromatic rings. The van der Waals surface area contributed by atoms with Crippen LogP contribution in [0.3, 0.4) is 0 Å². The van der Waals surface area contributed by atoms with Crippen LogP contribution in [0.15, 0.2) is 18.2 Å². The minimum absolute atomic E-state index is 0.343. The van der Waals surface area contributed by atoms with Crippen molar-refractivity contribution in [2.75, 3.05) is 20.3 Å². The highest BCUT2D eigenvalue weighted by Crippen LogP contribution is 2.32. The first kappa shape index (κ1) is 16.3. The lowest BCUT2D eigenvalue weighted by Gasteiger charge is -2.27. The average molecular weight is 291 g/mol. The van der Waals surface area contributed by atoms with Crippen LogP contribution in [0.4, 0.5) is 0 Å². The highest BCUT2D eigenvalue weighted by Gasteiger charge is 2.20. The second kappa shape index (κ2) is 8.40. The van der Waals surface area contributed by atoms with E-state index >= 15 is 0 Å². The van der Waals surface area contributed by atoms with E-state index in [-0.39, 0.29) is 0 Å². The predicted octanol–water partition coefficient (Wildman–Crippen LogP) is 3.87. The molecule has 0 bridgehead atoms. The lowest BCUT2D eigenvalue weighted by Crippen LogP contribution is -2.26. The molecule has 0 radical (unpaired) electrons. The van der Waals surface area contributed by atoms with Gasteiger partial charge in [0.2, 0.25) is 0 Å². The molecule has 1 N–H and O–H groups in total. The normalized spacial score (nSPS) is 17.8. The highest BCUT2D eigenvalue weighted by atomic mass is 16.5. The molecule has 0 aromatic heterocycles. The van der Waals surface area contributed by atoms with Crippen molar-refractivity contribution in [3.05, 3.63) is 29.3 Å². The van der Waals surface area contributed by atoms with E-state index in [0.29, 0.717) is 12.1 Å². The molecule has 21 heavy (non-hydrogen) atoms. The Balaban J connectivity index is 1.80. The van der Waals surface area contributed by atoms with Gasteiger partial charge in [-0.15, -0.1) is 0 Å². The molecule has 2 rings (SSSR count). The molecule has 1 unspecified atom stereocenters. The minimum atomic E-state index is 0.343. The maximum absolute atomic E-state index is 5.58. The summed E-state index contributed by atoms with van der Waals surface area (Å²) in [5, 5.41) is 3.71. The summed E-state index contributed by atoms with van der Waals surface area (Å²) in [6, 6.07) is 6.98. The van der Waals surface area contributed by atoms with Gasteiger partial charge in [-0.05, 0) is 75.8 Å². The standard InChI is InChI=1S/C18H29NO2/c1-14(2)21-12-5-4-11-19-18-8-6-7-15-9-10-16(20-3)13-17(15)18/h9-10,13-14,18-19H,4-8,11-12H2,1-3H3. The van der Waals surface area contributed by atoms with E-state index in [1.807, 2.05) is 0 Å². The number of hydrogen-bond acceptors (Lipinski definition) is 3. The quantitative estimate of drug-likeness (QED) is 0.738. The zero-order valence-electron chi connectivity index (χ0n) is 13.7. The summed E-state index contributed by atoms with van der Waals surface area (Å²) in [4.78, 5) is 0.